The second kappa shape index (κ2) is 4.75. The van der Waals surface area contributed by atoms with E-state index in [4.69, 9.17) is 5.11 Å². The summed E-state index contributed by atoms with van der Waals surface area (Å²) in [5.74, 6) is 0.148. The summed E-state index contributed by atoms with van der Waals surface area (Å²) in [7, 11) is 3.81. The summed E-state index contributed by atoms with van der Waals surface area (Å²) in [5, 5.41) is 8.81. The van der Waals surface area contributed by atoms with Crippen LogP contribution in [0.25, 0.3) is 0 Å². The van der Waals surface area contributed by atoms with Crippen molar-refractivity contribution >= 4 is 17.3 Å². The molecule has 0 atom stereocenters. The summed E-state index contributed by atoms with van der Waals surface area (Å²) in [5.41, 5.74) is 3.19. The molecule has 2 rings (SSSR count). The van der Waals surface area contributed by atoms with Gasteiger partial charge >= 0.3 is 0 Å². The highest BCUT2D eigenvalue weighted by atomic mass is 16.3. The van der Waals surface area contributed by atoms with Gasteiger partial charge in [0, 0.05) is 38.6 Å². The van der Waals surface area contributed by atoms with E-state index in [0.29, 0.717) is 6.42 Å². The van der Waals surface area contributed by atoms with E-state index in [9.17, 15) is 4.79 Å². The van der Waals surface area contributed by atoms with Gasteiger partial charge in [-0.1, -0.05) is 0 Å². The van der Waals surface area contributed by atoms with Gasteiger partial charge in [0.1, 0.15) is 0 Å². The first-order valence-electron chi connectivity index (χ1n) is 5.85. The molecule has 0 saturated carbocycles. The number of hydrogen-bond acceptors (Lipinski definition) is 3. The zero-order valence-corrected chi connectivity index (χ0v) is 10.3. The lowest BCUT2D eigenvalue weighted by Gasteiger charge is -2.20. The van der Waals surface area contributed by atoms with E-state index in [1.165, 1.54) is 0 Å². The Hall–Kier alpha value is -1.55. The molecule has 1 aromatic carbocycles. The van der Waals surface area contributed by atoms with Gasteiger partial charge in [-0.05, 0) is 30.2 Å². The smallest absolute Gasteiger partial charge is 0.231 e. The maximum absolute atomic E-state index is 11.6. The van der Waals surface area contributed by atoms with E-state index >= 15 is 0 Å². The molecule has 0 spiro atoms. The number of carbonyl (C=O) groups is 1. The number of benzene rings is 1. The molecule has 17 heavy (non-hydrogen) atoms. The van der Waals surface area contributed by atoms with Gasteiger partial charge in [0.25, 0.3) is 0 Å². The zero-order valence-electron chi connectivity index (χ0n) is 10.3. The van der Waals surface area contributed by atoms with Crippen molar-refractivity contribution in [2.24, 2.45) is 0 Å². The molecule has 0 fully saturated rings. The molecule has 1 amide bonds. The van der Waals surface area contributed by atoms with Crippen molar-refractivity contribution in [1.29, 1.82) is 0 Å². The minimum absolute atomic E-state index is 0.148. The number of fused-ring (bicyclic) bond motifs is 1. The SMILES string of the molecule is CN(CCCO)c1ccc2c(c1)CC(=O)N2C. The fourth-order valence-electron chi connectivity index (χ4n) is 2.13. The molecule has 0 bridgehead atoms. The lowest BCUT2D eigenvalue weighted by atomic mass is 10.1. The molecule has 1 aliphatic rings. The van der Waals surface area contributed by atoms with Crippen LogP contribution in [0.1, 0.15) is 12.0 Å². The van der Waals surface area contributed by atoms with Gasteiger partial charge in [-0.25, -0.2) is 0 Å². The molecular formula is C13H18N2O2. The van der Waals surface area contributed by atoms with E-state index in [1.807, 2.05) is 26.2 Å². The van der Waals surface area contributed by atoms with Crippen molar-refractivity contribution in [2.45, 2.75) is 12.8 Å². The van der Waals surface area contributed by atoms with Crippen LogP contribution in [0.4, 0.5) is 11.4 Å². The Kier molecular flexibility index (Phi) is 3.33. The minimum Gasteiger partial charge on any atom is -0.396 e. The molecule has 1 aromatic rings. The van der Waals surface area contributed by atoms with Crippen molar-refractivity contribution in [2.75, 3.05) is 37.0 Å². The first-order chi connectivity index (χ1) is 8.13. The highest BCUT2D eigenvalue weighted by molar-refractivity contribution is 6.01. The van der Waals surface area contributed by atoms with Crippen LogP contribution in [0.2, 0.25) is 0 Å². The normalized spacial score (nSPS) is 14.1. The number of nitrogens with zero attached hydrogens (tertiary/aromatic N) is 2. The molecule has 4 nitrogen and oxygen atoms in total. The number of aliphatic hydroxyl groups excluding tert-OH is 1. The van der Waals surface area contributed by atoms with Gasteiger partial charge < -0.3 is 14.9 Å². The van der Waals surface area contributed by atoms with Gasteiger partial charge in [-0.3, -0.25) is 4.79 Å². The van der Waals surface area contributed by atoms with Crippen LogP contribution in [0.5, 0.6) is 0 Å². The molecule has 1 aliphatic heterocycles. The standard InChI is InChI=1S/C13H18N2O2/c1-14(6-3-7-16)11-4-5-12-10(8-11)9-13(17)15(12)2/h4-5,8,16H,3,6-7,9H2,1-2H3. The first kappa shape index (κ1) is 11.9. The molecule has 0 aromatic heterocycles. The molecule has 4 heteroatoms. The second-order valence-corrected chi connectivity index (χ2v) is 4.44. The van der Waals surface area contributed by atoms with E-state index in [1.54, 1.807) is 4.90 Å². The van der Waals surface area contributed by atoms with Crippen LogP contribution in [-0.2, 0) is 11.2 Å². The molecule has 1 heterocycles. The summed E-state index contributed by atoms with van der Waals surface area (Å²) < 4.78 is 0. The Bertz CT molecular complexity index is 431. The van der Waals surface area contributed by atoms with Gasteiger partial charge in [-0.2, -0.15) is 0 Å². The molecule has 0 saturated heterocycles. The van der Waals surface area contributed by atoms with Crippen molar-refractivity contribution < 1.29 is 9.90 Å². The van der Waals surface area contributed by atoms with Crippen molar-refractivity contribution in [3.63, 3.8) is 0 Å². The van der Waals surface area contributed by atoms with E-state index in [2.05, 4.69) is 11.0 Å². The van der Waals surface area contributed by atoms with E-state index in [0.717, 1.165) is 29.9 Å². The molecule has 1 N–H and O–H groups in total. The van der Waals surface area contributed by atoms with Crippen LogP contribution in [0, 0.1) is 0 Å². The Labute approximate surface area is 101 Å². The second-order valence-electron chi connectivity index (χ2n) is 4.44. The number of aliphatic hydroxyl groups is 1. The molecule has 92 valence electrons. The third-order valence-electron chi connectivity index (χ3n) is 3.23. The monoisotopic (exact) mass is 234 g/mol. The summed E-state index contributed by atoms with van der Waals surface area (Å²) >= 11 is 0. The van der Waals surface area contributed by atoms with E-state index < -0.39 is 0 Å². The average molecular weight is 234 g/mol. The number of hydrogen-bond donors (Lipinski definition) is 1. The van der Waals surface area contributed by atoms with Crippen molar-refractivity contribution in [1.82, 2.24) is 0 Å². The highest BCUT2D eigenvalue weighted by Crippen LogP contribution is 2.30. The average Bonchev–Trinajstić information content (AvgIpc) is 2.61. The fourth-order valence-corrected chi connectivity index (χ4v) is 2.13. The minimum atomic E-state index is 0.148. The fraction of sp³-hybridized carbons (Fsp3) is 0.462. The lowest BCUT2D eigenvalue weighted by Crippen LogP contribution is -2.20. The molecule has 0 radical (unpaired) electrons. The van der Waals surface area contributed by atoms with Gasteiger partial charge in [-0.15, -0.1) is 0 Å². The maximum atomic E-state index is 11.6. The summed E-state index contributed by atoms with van der Waals surface area (Å²) in [6, 6.07) is 6.07. The topological polar surface area (TPSA) is 43.8 Å². The van der Waals surface area contributed by atoms with Gasteiger partial charge in [0.05, 0.1) is 6.42 Å². The van der Waals surface area contributed by atoms with Crippen LogP contribution in [0.3, 0.4) is 0 Å². The summed E-state index contributed by atoms with van der Waals surface area (Å²) in [6.45, 7) is 1.02. The van der Waals surface area contributed by atoms with Crippen LogP contribution in [0.15, 0.2) is 18.2 Å². The number of carbonyl (C=O) groups excluding carboxylic acids is 1. The Morgan fingerprint density at radius 3 is 2.94 bits per heavy atom. The molecular weight excluding hydrogens is 216 g/mol. The summed E-state index contributed by atoms with van der Waals surface area (Å²) in [4.78, 5) is 15.4. The van der Waals surface area contributed by atoms with Gasteiger partial charge in [0.15, 0.2) is 0 Å². The third kappa shape index (κ3) is 2.26. The van der Waals surface area contributed by atoms with Crippen molar-refractivity contribution in [3.8, 4) is 0 Å². The van der Waals surface area contributed by atoms with Gasteiger partial charge in [0.2, 0.25) is 5.91 Å². The Morgan fingerprint density at radius 2 is 2.24 bits per heavy atom. The number of rotatable bonds is 4. The van der Waals surface area contributed by atoms with Crippen molar-refractivity contribution in [3.05, 3.63) is 23.8 Å². The largest absolute Gasteiger partial charge is 0.396 e. The number of likely N-dealkylation sites (N-methyl/N-ethyl adjacent to an activating group) is 1. The predicted molar refractivity (Wildman–Crippen MR) is 68.5 cm³/mol. The van der Waals surface area contributed by atoms with Crippen LogP contribution < -0.4 is 9.80 Å². The summed E-state index contributed by atoms with van der Waals surface area (Å²) in [6.07, 6.45) is 1.25. The first-order valence-corrected chi connectivity index (χ1v) is 5.85. The number of anilines is 2. The van der Waals surface area contributed by atoms with Crippen LogP contribution in [-0.4, -0.2) is 38.3 Å². The number of amides is 1. The predicted octanol–water partition coefficient (Wildman–Crippen LogP) is 1.02. The molecule has 0 aliphatic carbocycles. The van der Waals surface area contributed by atoms with Crippen LogP contribution >= 0.6 is 0 Å². The third-order valence-corrected chi connectivity index (χ3v) is 3.23. The molecule has 0 unspecified atom stereocenters. The zero-order chi connectivity index (χ0) is 12.4. The Balaban J connectivity index is 2.18. The highest BCUT2D eigenvalue weighted by Gasteiger charge is 2.24. The van der Waals surface area contributed by atoms with E-state index in [-0.39, 0.29) is 12.5 Å². The lowest BCUT2D eigenvalue weighted by molar-refractivity contribution is -0.117. The quantitative estimate of drug-likeness (QED) is 0.846. The maximum Gasteiger partial charge on any atom is 0.231 e. The Morgan fingerprint density at radius 1 is 1.47 bits per heavy atom.